The molecule has 324 valence electrons. The lowest BCUT2D eigenvalue weighted by Gasteiger charge is -2.36. The number of likely N-dealkylation sites (tertiary alicyclic amines) is 1. The van der Waals surface area contributed by atoms with Crippen molar-refractivity contribution in [2.24, 2.45) is 0 Å². The lowest BCUT2D eigenvalue weighted by atomic mass is 10.0. The molecular formula is C44H53N13O5. The van der Waals surface area contributed by atoms with E-state index in [0.717, 1.165) is 99.5 Å². The number of piperidine rings is 2. The van der Waals surface area contributed by atoms with Crippen molar-refractivity contribution in [2.75, 3.05) is 56.4 Å². The third-order valence-electron chi connectivity index (χ3n) is 13.4. The number of aromatic nitrogens is 7. The van der Waals surface area contributed by atoms with E-state index in [9.17, 15) is 19.2 Å². The molecule has 1 atom stereocenters. The van der Waals surface area contributed by atoms with Crippen LogP contribution in [0.25, 0.3) is 33.7 Å². The number of nitrogens with zero attached hydrogens (tertiary/aromatic N) is 11. The number of imidazole rings is 1. The molecule has 0 radical (unpaired) electrons. The average Bonchev–Trinajstić information content (AvgIpc) is 3.56. The molecule has 10 rings (SSSR count). The largest absolute Gasteiger partial charge is 0.383 e. The van der Waals surface area contributed by atoms with Gasteiger partial charge in [-0.05, 0) is 83.0 Å². The number of amides is 4. The van der Waals surface area contributed by atoms with Gasteiger partial charge in [-0.25, -0.2) is 19.6 Å². The van der Waals surface area contributed by atoms with Crippen molar-refractivity contribution in [1.29, 1.82) is 0 Å². The number of piperazine rings is 1. The molecule has 0 bridgehead atoms. The van der Waals surface area contributed by atoms with Gasteiger partial charge in [-0.2, -0.15) is 5.10 Å². The monoisotopic (exact) mass is 843 g/mol. The van der Waals surface area contributed by atoms with Crippen molar-refractivity contribution in [3.8, 4) is 22.6 Å². The van der Waals surface area contributed by atoms with Gasteiger partial charge in [0.25, 0.3) is 5.91 Å². The Kier molecular flexibility index (Phi) is 10.5. The lowest BCUT2D eigenvalue weighted by Crippen LogP contribution is -2.52. The first-order chi connectivity index (χ1) is 30.1. The highest BCUT2D eigenvalue weighted by molar-refractivity contribution is 6.06. The summed E-state index contributed by atoms with van der Waals surface area (Å²) in [4.78, 5) is 72.8. The number of nitrogen functional groups attached to an aromatic ring is 1. The number of fused-ring (bicyclic) bond motifs is 2. The number of carbonyl (C=O) groups is 4. The van der Waals surface area contributed by atoms with Crippen LogP contribution in [0.1, 0.15) is 111 Å². The van der Waals surface area contributed by atoms with E-state index in [-0.39, 0.29) is 36.2 Å². The summed E-state index contributed by atoms with van der Waals surface area (Å²) < 4.78 is 10.0. The van der Waals surface area contributed by atoms with Gasteiger partial charge in [0.15, 0.2) is 5.65 Å². The average molecular weight is 844 g/mol. The van der Waals surface area contributed by atoms with Crippen molar-refractivity contribution < 1.29 is 23.7 Å². The van der Waals surface area contributed by atoms with Crippen molar-refractivity contribution in [2.45, 2.75) is 102 Å². The van der Waals surface area contributed by atoms with E-state index in [4.69, 9.17) is 20.3 Å². The summed E-state index contributed by atoms with van der Waals surface area (Å²) in [6.07, 6.45) is 12.2. The Hall–Kier alpha value is -6.17. The van der Waals surface area contributed by atoms with Gasteiger partial charge in [-0.15, -0.1) is 0 Å². The third-order valence-corrected chi connectivity index (χ3v) is 13.4. The maximum Gasteiger partial charge on any atom is 0.255 e. The Morgan fingerprint density at radius 2 is 1.76 bits per heavy atom. The normalized spacial score (nSPS) is 20.2. The first-order valence-corrected chi connectivity index (χ1v) is 22.2. The van der Waals surface area contributed by atoms with E-state index in [1.165, 1.54) is 6.33 Å². The zero-order chi connectivity index (χ0) is 42.6. The molecule has 4 aliphatic heterocycles. The molecule has 3 saturated heterocycles. The Morgan fingerprint density at radius 1 is 0.952 bits per heavy atom. The second kappa shape index (κ2) is 16.3. The van der Waals surface area contributed by atoms with E-state index in [1.54, 1.807) is 4.90 Å². The van der Waals surface area contributed by atoms with Gasteiger partial charge < -0.3 is 29.5 Å². The summed E-state index contributed by atoms with van der Waals surface area (Å²) >= 11 is 0. The minimum absolute atomic E-state index is 0.0493. The number of nitrogens with two attached hydrogens (primary N) is 1. The highest BCUT2D eigenvalue weighted by Gasteiger charge is 2.40. The molecule has 62 heavy (non-hydrogen) atoms. The molecular weight excluding hydrogens is 791 g/mol. The number of hydrogen-bond donors (Lipinski definition) is 2. The quantitative estimate of drug-likeness (QED) is 0.133. The van der Waals surface area contributed by atoms with Gasteiger partial charge in [-0.1, -0.05) is 11.2 Å². The van der Waals surface area contributed by atoms with Crippen LogP contribution in [0.5, 0.6) is 0 Å². The maximum absolute atomic E-state index is 13.3. The summed E-state index contributed by atoms with van der Waals surface area (Å²) in [5, 5.41) is 12.5. The smallest absolute Gasteiger partial charge is 0.255 e. The van der Waals surface area contributed by atoms with E-state index in [1.807, 2.05) is 41.9 Å². The fourth-order valence-electron chi connectivity index (χ4n) is 9.68. The molecule has 1 saturated carbocycles. The topological polar surface area (TPSA) is 207 Å². The van der Waals surface area contributed by atoms with Gasteiger partial charge in [-0.3, -0.25) is 29.4 Å². The predicted molar refractivity (Wildman–Crippen MR) is 229 cm³/mol. The second-order valence-electron chi connectivity index (χ2n) is 17.7. The summed E-state index contributed by atoms with van der Waals surface area (Å²) in [6, 6.07) is 5.68. The molecule has 1 aromatic carbocycles. The van der Waals surface area contributed by atoms with Crippen LogP contribution < -0.4 is 16.0 Å². The molecule has 4 aromatic heterocycles. The summed E-state index contributed by atoms with van der Waals surface area (Å²) in [5.74, 6) is 0.864. The van der Waals surface area contributed by atoms with E-state index < -0.39 is 11.9 Å². The number of imide groups is 1. The van der Waals surface area contributed by atoms with Crippen LogP contribution in [0.15, 0.2) is 41.6 Å². The Morgan fingerprint density at radius 3 is 2.52 bits per heavy atom. The molecule has 5 aromatic rings. The predicted octanol–water partition coefficient (Wildman–Crippen LogP) is 4.30. The number of benzene rings is 1. The first-order valence-electron chi connectivity index (χ1n) is 22.2. The number of hydrogen-bond acceptors (Lipinski definition) is 13. The van der Waals surface area contributed by atoms with Crippen molar-refractivity contribution in [1.82, 2.24) is 54.5 Å². The Labute approximate surface area is 358 Å². The molecule has 18 nitrogen and oxygen atoms in total. The van der Waals surface area contributed by atoms with Crippen molar-refractivity contribution in [3.63, 3.8) is 0 Å². The van der Waals surface area contributed by atoms with Crippen LogP contribution in [-0.4, -0.2) is 125 Å². The zero-order valence-electron chi connectivity index (χ0n) is 35.3. The number of carbonyl (C=O) groups excluding carboxylic acids is 4. The summed E-state index contributed by atoms with van der Waals surface area (Å²) in [5.41, 5.74) is 12.4. The fraction of sp³-hybridized carbons (Fsp3) is 0.523. The van der Waals surface area contributed by atoms with Crippen molar-refractivity contribution in [3.05, 3.63) is 53.9 Å². The molecule has 1 unspecified atom stereocenters. The number of unbranched alkanes of at least 4 members (excludes halogenated alkanes) is 1. The molecule has 3 N–H and O–H groups in total. The van der Waals surface area contributed by atoms with E-state index in [2.05, 4.69) is 47.1 Å². The van der Waals surface area contributed by atoms with E-state index >= 15 is 0 Å². The highest BCUT2D eigenvalue weighted by Crippen LogP contribution is 2.48. The number of nitrogens with one attached hydrogen (secondary N) is 1. The van der Waals surface area contributed by atoms with Gasteiger partial charge >= 0.3 is 0 Å². The molecule has 8 heterocycles. The second-order valence-corrected chi connectivity index (χ2v) is 17.7. The van der Waals surface area contributed by atoms with Gasteiger partial charge in [0, 0.05) is 94.1 Å². The first kappa shape index (κ1) is 39.9. The minimum atomic E-state index is -0.611. The molecule has 1 aliphatic carbocycles. The Bertz CT molecular complexity index is 2540. The SMILES string of the molecule is CC(C)n1nc(-c2noc(C3CC3)c2-c2cn(C3CCN(C(=O)CCCCN4CCN(c5ccc6c(c5)C(=O)N(C5CCC(=O)NC5=O)C6)CC4)CC3)cn2)c2c(N)ncnc21. The number of anilines is 2. The van der Waals surface area contributed by atoms with Crippen LogP contribution in [0.3, 0.4) is 0 Å². The molecule has 4 amide bonds. The zero-order valence-corrected chi connectivity index (χ0v) is 35.3. The van der Waals surface area contributed by atoms with Crippen LogP contribution in [-0.2, 0) is 20.9 Å². The molecule has 18 heteroatoms. The van der Waals surface area contributed by atoms with Crippen LogP contribution >= 0.6 is 0 Å². The standard InChI is InChI=1S/C44H53N13O5/c1-26(2)57-42-37(41(45)46-24-47-42)38(50-57)39-36(40(62-51-39)27-6-7-27)32-23-55(25-48-32)29-12-15-54(16-13-29)35(59)5-3-4-14-52-17-19-53(20-18-52)30-9-8-28-22-56(44(61)31(28)21-30)33-10-11-34(58)49-43(33)60/h8-9,21,23-27,29,33H,3-7,10-20,22H2,1-2H3,(H2,45,46,47)(H,49,58,60). The maximum atomic E-state index is 13.3. The summed E-state index contributed by atoms with van der Waals surface area (Å²) in [7, 11) is 0. The lowest BCUT2D eigenvalue weighted by molar-refractivity contribution is -0.137. The van der Waals surface area contributed by atoms with Crippen LogP contribution in [0, 0.1) is 0 Å². The van der Waals surface area contributed by atoms with Gasteiger partial charge in [0.05, 0.1) is 23.0 Å². The molecule has 5 aliphatic rings. The highest BCUT2D eigenvalue weighted by atomic mass is 16.5. The van der Waals surface area contributed by atoms with Crippen molar-refractivity contribution >= 4 is 46.2 Å². The molecule has 0 spiro atoms. The Balaban J connectivity index is 0.692. The van der Waals surface area contributed by atoms with Crippen LogP contribution in [0.2, 0.25) is 0 Å². The molecule has 4 fully saturated rings. The fourth-order valence-corrected chi connectivity index (χ4v) is 9.68. The van der Waals surface area contributed by atoms with Crippen LogP contribution in [0.4, 0.5) is 11.5 Å². The minimum Gasteiger partial charge on any atom is -0.383 e. The third kappa shape index (κ3) is 7.47. The van der Waals surface area contributed by atoms with Gasteiger partial charge in [0.1, 0.15) is 35.3 Å². The number of rotatable bonds is 12. The van der Waals surface area contributed by atoms with Gasteiger partial charge in [0.2, 0.25) is 17.7 Å². The van der Waals surface area contributed by atoms with E-state index in [0.29, 0.717) is 72.2 Å². The summed E-state index contributed by atoms with van der Waals surface area (Å²) in [6.45, 7) is 10.4.